The number of benzene rings is 5. The van der Waals surface area contributed by atoms with E-state index in [4.69, 9.17) is 24.0 Å². The van der Waals surface area contributed by atoms with Crippen LogP contribution in [0.3, 0.4) is 0 Å². The lowest BCUT2D eigenvalue weighted by Crippen LogP contribution is -2.42. The molecule has 0 aliphatic rings. The van der Waals surface area contributed by atoms with Gasteiger partial charge in [0, 0.05) is 49.8 Å². The molecular weight excluding hydrogens is 923 g/mol. The Morgan fingerprint density at radius 2 is 1.30 bits per heavy atom. The molecule has 18 nitrogen and oxygen atoms in total. The van der Waals surface area contributed by atoms with Crippen molar-refractivity contribution in [2.45, 2.75) is 49.0 Å². The minimum Gasteiger partial charge on any atom is -0.497 e. The molecule has 20 heteroatoms. The van der Waals surface area contributed by atoms with Gasteiger partial charge in [0.05, 0.1) is 33.4 Å². The zero-order chi connectivity index (χ0) is 48.5. The molecule has 5 aromatic carbocycles. The number of aromatic nitrogens is 6. The van der Waals surface area contributed by atoms with Crippen LogP contribution in [0.25, 0.3) is 28.2 Å². The van der Waals surface area contributed by atoms with Crippen molar-refractivity contribution in [2.75, 3.05) is 27.9 Å². The van der Waals surface area contributed by atoms with E-state index in [2.05, 4.69) is 25.3 Å². The van der Waals surface area contributed by atoms with Gasteiger partial charge in [0.15, 0.2) is 0 Å². The van der Waals surface area contributed by atoms with Crippen molar-refractivity contribution in [1.82, 2.24) is 43.9 Å². The second-order valence-electron chi connectivity index (χ2n) is 15.8. The molecule has 3 aromatic heterocycles. The first-order valence-electron chi connectivity index (χ1n) is 21.6. The number of carbonyl (C=O) groups is 1. The van der Waals surface area contributed by atoms with E-state index in [9.17, 15) is 13.2 Å². The van der Waals surface area contributed by atoms with Crippen molar-refractivity contribution in [3.8, 4) is 39.8 Å². The number of tetrazole rings is 1. The number of amides is 1. The number of rotatable bonds is 20. The summed E-state index contributed by atoms with van der Waals surface area (Å²) in [5, 5.41) is 16.1. The Labute approximate surface area is 399 Å². The van der Waals surface area contributed by atoms with Gasteiger partial charge in [-0.2, -0.15) is 9.10 Å². The molecule has 0 aliphatic heterocycles. The molecule has 69 heavy (non-hydrogen) atoms. The second kappa shape index (κ2) is 21.1. The number of alkyl carbamates (subject to hydrolysis) is 1. The number of sulfonamides is 2. The quantitative estimate of drug-likeness (QED) is 0.0814. The number of fused-ring (bicyclic) bond motifs is 1. The van der Waals surface area contributed by atoms with Crippen molar-refractivity contribution >= 4 is 31.8 Å². The van der Waals surface area contributed by atoms with Gasteiger partial charge >= 0.3 is 6.09 Å². The van der Waals surface area contributed by atoms with Crippen LogP contribution in [-0.4, -0.2) is 90.7 Å². The number of methoxy groups -OCH3 is 3. The first-order valence-corrected chi connectivity index (χ1v) is 24.5. The van der Waals surface area contributed by atoms with Crippen LogP contribution in [-0.2, 0) is 51.0 Å². The highest BCUT2D eigenvalue weighted by atomic mass is 32.2. The predicted octanol–water partition coefficient (Wildman–Crippen LogP) is 6.71. The van der Waals surface area contributed by atoms with Gasteiger partial charge in [0.25, 0.3) is 0 Å². The van der Waals surface area contributed by atoms with E-state index in [1.807, 2.05) is 30.3 Å². The molecule has 0 fully saturated rings. The zero-order valence-corrected chi connectivity index (χ0v) is 39.7. The molecule has 1 atom stereocenters. The summed E-state index contributed by atoms with van der Waals surface area (Å²) in [7, 11) is -5.10. The van der Waals surface area contributed by atoms with E-state index < -0.39 is 42.0 Å². The average molecular weight is 972 g/mol. The molecule has 0 spiro atoms. The third-order valence-corrected chi connectivity index (χ3v) is 14.7. The van der Waals surface area contributed by atoms with Crippen LogP contribution >= 0.6 is 0 Å². The first kappa shape index (κ1) is 47.8. The summed E-state index contributed by atoms with van der Waals surface area (Å²) in [6.07, 6.45) is 4.35. The molecule has 0 unspecified atom stereocenters. The Morgan fingerprint density at radius 3 is 1.91 bits per heavy atom. The van der Waals surface area contributed by atoms with Gasteiger partial charge in [0.1, 0.15) is 39.3 Å². The van der Waals surface area contributed by atoms with E-state index in [0.29, 0.717) is 39.6 Å². The molecule has 2 N–H and O–H groups in total. The van der Waals surface area contributed by atoms with E-state index in [1.165, 1.54) is 42.4 Å². The predicted molar refractivity (Wildman–Crippen MR) is 256 cm³/mol. The Kier molecular flexibility index (Phi) is 14.6. The number of nitrogens with one attached hydrogen (secondary N) is 2. The van der Waals surface area contributed by atoms with Crippen molar-refractivity contribution < 1.29 is 40.6 Å². The van der Waals surface area contributed by atoms with E-state index in [1.54, 1.807) is 115 Å². The van der Waals surface area contributed by atoms with E-state index in [-0.39, 0.29) is 49.7 Å². The van der Waals surface area contributed by atoms with Crippen molar-refractivity contribution in [1.29, 1.82) is 0 Å². The minimum atomic E-state index is -4.94. The van der Waals surface area contributed by atoms with Crippen LogP contribution in [0, 0.1) is 0 Å². The van der Waals surface area contributed by atoms with Crippen LogP contribution in [0.2, 0.25) is 0 Å². The standard InChI is InChI=1S/C49H49N9O9S2/c1-34(29-51-49(59)67-33-38-9-6-5-7-10-38)54-68(60,61)44-25-24-42(43-11-8-27-56-28-26-50-48(43)56)45(47-52-55-58(53-47)32-37-16-22-41(66-4)23-17-37)46(44)69(62,63)57(30-35-12-18-39(64-2)19-13-35)31-36-14-20-40(65-3)21-15-36/h5-28,34,54H,29-33H2,1-4H3,(H,51,59)/t34-/m1/s1. The molecule has 0 saturated carbocycles. The molecule has 0 radical (unpaired) electrons. The number of imidazole rings is 1. The Hall–Kier alpha value is -7.65. The monoisotopic (exact) mass is 971 g/mol. The molecular formula is C49H49N9O9S2. The minimum absolute atomic E-state index is 0.00208. The average Bonchev–Trinajstić information content (AvgIpc) is 4.05. The van der Waals surface area contributed by atoms with Crippen LogP contribution < -0.4 is 24.2 Å². The normalized spacial score (nSPS) is 12.2. The summed E-state index contributed by atoms with van der Waals surface area (Å²) in [6, 6.07) is 35.4. The highest BCUT2D eigenvalue weighted by Crippen LogP contribution is 2.42. The van der Waals surface area contributed by atoms with Gasteiger partial charge in [-0.25, -0.2) is 31.3 Å². The maximum atomic E-state index is 16.1. The van der Waals surface area contributed by atoms with Gasteiger partial charge in [-0.3, -0.25) is 0 Å². The summed E-state index contributed by atoms with van der Waals surface area (Å²) < 4.78 is 89.1. The number of nitrogens with zero attached hydrogens (tertiary/aromatic N) is 7. The third-order valence-electron chi connectivity index (χ3n) is 11.0. The van der Waals surface area contributed by atoms with E-state index in [0.717, 1.165) is 11.1 Å². The lowest BCUT2D eigenvalue weighted by atomic mass is 10.00. The number of hydrogen-bond donors (Lipinski definition) is 2. The van der Waals surface area contributed by atoms with Gasteiger partial charge in [0.2, 0.25) is 25.9 Å². The number of pyridine rings is 1. The van der Waals surface area contributed by atoms with Crippen LogP contribution in [0.4, 0.5) is 4.79 Å². The van der Waals surface area contributed by atoms with Gasteiger partial charge in [-0.1, -0.05) is 72.8 Å². The fraction of sp³-hybridized carbons (Fsp3) is 0.204. The van der Waals surface area contributed by atoms with Gasteiger partial charge < -0.3 is 28.7 Å². The maximum absolute atomic E-state index is 16.1. The first-order chi connectivity index (χ1) is 33.3. The highest BCUT2D eigenvalue weighted by molar-refractivity contribution is 7.92. The molecule has 0 aliphatic carbocycles. The summed E-state index contributed by atoms with van der Waals surface area (Å²) in [4.78, 5) is 17.4. The Morgan fingerprint density at radius 1 is 0.696 bits per heavy atom. The lowest BCUT2D eigenvalue weighted by molar-refractivity contribution is 0.139. The Balaban J connectivity index is 1.29. The van der Waals surface area contributed by atoms with Crippen LogP contribution in [0.5, 0.6) is 17.2 Å². The fourth-order valence-corrected chi connectivity index (χ4v) is 11.2. The lowest BCUT2D eigenvalue weighted by Gasteiger charge is -2.26. The molecule has 0 saturated heterocycles. The van der Waals surface area contributed by atoms with Gasteiger partial charge in [-0.15, -0.1) is 10.2 Å². The number of hydrogen-bond acceptors (Lipinski definition) is 13. The number of carbonyl (C=O) groups excluding carboxylic acids is 1. The topological polar surface area (TPSA) is 210 Å². The summed E-state index contributed by atoms with van der Waals surface area (Å²) >= 11 is 0. The highest BCUT2D eigenvalue weighted by Gasteiger charge is 2.38. The largest absolute Gasteiger partial charge is 0.497 e. The molecule has 8 rings (SSSR count). The summed E-state index contributed by atoms with van der Waals surface area (Å²) in [5.41, 5.74) is 3.75. The van der Waals surface area contributed by atoms with Crippen molar-refractivity contribution in [3.05, 3.63) is 168 Å². The van der Waals surface area contributed by atoms with Crippen LogP contribution in [0.1, 0.15) is 29.2 Å². The smallest absolute Gasteiger partial charge is 0.407 e. The van der Waals surface area contributed by atoms with Crippen molar-refractivity contribution in [3.63, 3.8) is 0 Å². The molecule has 0 bridgehead atoms. The molecule has 356 valence electrons. The summed E-state index contributed by atoms with van der Waals surface area (Å²) in [6.45, 7) is 1.05. The summed E-state index contributed by atoms with van der Waals surface area (Å²) in [5.74, 6) is 1.59. The number of ether oxygens (including phenoxy) is 4. The molecule has 1 amide bonds. The fourth-order valence-electron chi connectivity index (χ4n) is 7.55. The molecule has 8 aromatic rings. The zero-order valence-electron chi connectivity index (χ0n) is 38.1. The second-order valence-corrected chi connectivity index (χ2v) is 19.4. The van der Waals surface area contributed by atoms with Crippen LogP contribution in [0.15, 0.2) is 156 Å². The van der Waals surface area contributed by atoms with E-state index >= 15 is 8.42 Å². The maximum Gasteiger partial charge on any atom is 0.407 e. The third kappa shape index (κ3) is 11.2. The van der Waals surface area contributed by atoms with Gasteiger partial charge in [-0.05, 0) is 94.6 Å². The Bertz CT molecular complexity index is 3210. The van der Waals surface area contributed by atoms with Crippen molar-refractivity contribution in [2.24, 2.45) is 0 Å². The SMILES string of the molecule is COc1ccc(CN(Cc2ccc(OC)cc2)S(=O)(=O)c2c(S(=O)(=O)N[C@H](C)CNC(=O)OCc3ccccc3)ccc(-c3cccn4ccnc34)c2-c2nnn(Cc3ccc(OC)cc3)n2)cc1. The molecule has 3 heterocycles.